The summed E-state index contributed by atoms with van der Waals surface area (Å²) in [7, 11) is 1.58. The van der Waals surface area contributed by atoms with Crippen molar-refractivity contribution in [3.05, 3.63) is 58.9 Å². The van der Waals surface area contributed by atoms with E-state index < -0.39 is 4.92 Å². The van der Waals surface area contributed by atoms with Crippen LogP contribution >= 0.6 is 11.3 Å². The highest BCUT2D eigenvalue weighted by Crippen LogP contribution is 2.36. The van der Waals surface area contributed by atoms with Crippen LogP contribution in [0.15, 0.2) is 48.8 Å². The van der Waals surface area contributed by atoms with E-state index in [-0.39, 0.29) is 23.2 Å². The molecule has 2 heterocycles. The molecule has 4 rings (SSSR count). The minimum absolute atomic E-state index is 0.00777. The Bertz CT molecular complexity index is 1310. The third kappa shape index (κ3) is 4.54. The van der Waals surface area contributed by atoms with E-state index in [2.05, 4.69) is 30.9 Å². The van der Waals surface area contributed by atoms with Crippen LogP contribution in [0.3, 0.4) is 0 Å². The molecule has 0 radical (unpaired) electrons. The number of aromatic nitrogens is 3. The van der Waals surface area contributed by atoms with Gasteiger partial charge in [-0.3, -0.25) is 14.9 Å². The van der Waals surface area contributed by atoms with E-state index in [1.807, 2.05) is 12.1 Å². The first-order valence-electron chi connectivity index (χ1n) is 9.28. The second-order valence-electron chi connectivity index (χ2n) is 6.54. The molecule has 4 aromatic rings. The summed E-state index contributed by atoms with van der Waals surface area (Å²) >= 11 is 1.32. The third-order valence-electron chi connectivity index (χ3n) is 4.29. The molecule has 0 saturated carbocycles. The topological polar surface area (TPSA) is 144 Å². The van der Waals surface area contributed by atoms with E-state index >= 15 is 0 Å². The number of nitro groups is 1. The van der Waals surface area contributed by atoms with Crippen molar-refractivity contribution in [2.45, 2.75) is 6.92 Å². The fourth-order valence-electron chi connectivity index (χ4n) is 2.90. The van der Waals surface area contributed by atoms with Crippen LogP contribution in [0.5, 0.6) is 5.75 Å². The van der Waals surface area contributed by atoms with Crippen LogP contribution in [-0.4, -0.2) is 32.9 Å². The molecule has 0 aliphatic heterocycles. The quantitative estimate of drug-likeness (QED) is 0.274. The fraction of sp³-hybridized carbons (Fsp3) is 0.100. The number of hydrogen-bond acceptors (Lipinski definition) is 10. The zero-order valence-electron chi connectivity index (χ0n) is 16.9. The largest absolute Gasteiger partial charge is 0.497 e. The normalized spacial score (nSPS) is 10.6. The summed E-state index contributed by atoms with van der Waals surface area (Å²) in [6.45, 7) is 1.41. The molecule has 0 bridgehead atoms. The van der Waals surface area contributed by atoms with Gasteiger partial charge in [0.2, 0.25) is 17.5 Å². The Morgan fingerprint density at radius 3 is 2.41 bits per heavy atom. The maximum absolute atomic E-state index is 11.8. The fourth-order valence-corrected chi connectivity index (χ4v) is 3.79. The first-order valence-corrected chi connectivity index (χ1v) is 10.1. The number of hydrogen-bond donors (Lipinski definition) is 3. The zero-order chi connectivity index (χ0) is 22.7. The lowest BCUT2D eigenvalue weighted by Crippen LogP contribution is -2.06. The molecule has 0 aliphatic rings. The van der Waals surface area contributed by atoms with Crippen molar-refractivity contribution in [3.63, 3.8) is 0 Å². The number of nitrogens with one attached hydrogen (secondary N) is 3. The predicted octanol–water partition coefficient (Wildman–Crippen LogP) is 4.45. The van der Waals surface area contributed by atoms with Crippen molar-refractivity contribution in [1.29, 1.82) is 0 Å². The van der Waals surface area contributed by atoms with Gasteiger partial charge >= 0.3 is 5.69 Å². The second kappa shape index (κ2) is 8.81. The molecule has 0 atom stereocenters. The van der Waals surface area contributed by atoms with Crippen LogP contribution in [0.4, 0.5) is 33.8 Å². The van der Waals surface area contributed by atoms with E-state index in [0.717, 1.165) is 10.2 Å². The minimum Gasteiger partial charge on any atom is -0.497 e. The minimum atomic E-state index is -0.563. The van der Waals surface area contributed by atoms with Gasteiger partial charge in [0.1, 0.15) is 12.1 Å². The lowest BCUT2D eigenvalue weighted by Gasteiger charge is -2.09. The second-order valence-corrected chi connectivity index (χ2v) is 7.57. The number of fused-ring (bicyclic) bond motifs is 1. The Labute approximate surface area is 185 Å². The van der Waals surface area contributed by atoms with Crippen molar-refractivity contribution in [3.8, 4) is 5.75 Å². The number of anilines is 5. The zero-order valence-corrected chi connectivity index (χ0v) is 17.8. The average Bonchev–Trinajstić information content (AvgIpc) is 3.16. The molecule has 0 spiro atoms. The molecule has 2 aromatic heterocycles. The summed E-state index contributed by atoms with van der Waals surface area (Å²) in [5.41, 5.74) is 1.57. The van der Waals surface area contributed by atoms with Gasteiger partial charge in [0, 0.05) is 18.3 Å². The third-order valence-corrected chi connectivity index (χ3v) is 5.23. The number of nitrogens with zero attached hydrogens (tertiary/aromatic N) is 4. The van der Waals surface area contributed by atoms with Gasteiger partial charge in [0.05, 0.1) is 22.2 Å². The van der Waals surface area contributed by atoms with Crippen LogP contribution in [-0.2, 0) is 4.79 Å². The van der Waals surface area contributed by atoms with Gasteiger partial charge in [0.15, 0.2) is 5.13 Å². The Kier molecular flexibility index (Phi) is 5.77. The smallest absolute Gasteiger partial charge is 0.353 e. The number of methoxy groups -OCH3 is 1. The number of rotatable bonds is 7. The molecule has 0 unspecified atom stereocenters. The maximum atomic E-state index is 11.8. The number of amides is 1. The highest BCUT2D eigenvalue weighted by molar-refractivity contribution is 7.22. The number of thiazole rings is 1. The van der Waals surface area contributed by atoms with Gasteiger partial charge in [-0.2, -0.15) is 0 Å². The van der Waals surface area contributed by atoms with Gasteiger partial charge in [-0.05, 0) is 42.5 Å². The van der Waals surface area contributed by atoms with E-state index in [1.165, 1.54) is 24.6 Å². The van der Waals surface area contributed by atoms with E-state index in [1.54, 1.807) is 37.4 Å². The number of ether oxygens (including phenoxy) is 1. The number of carbonyl (C=O) groups is 1. The van der Waals surface area contributed by atoms with Crippen molar-refractivity contribution in [2.75, 3.05) is 23.1 Å². The first kappa shape index (κ1) is 20.9. The Morgan fingerprint density at radius 1 is 1.06 bits per heavy atom. The average molecular weight is 451 g/mol. The lowest BCUT2D eigenvalue weighted by atomic mass is 10.2. The van der Waals surface area contributed by atoms with Crippen molar-refractivity contribution < 1.29 is 14.5 Å². The van der Waals surface area contributed by atoms with Crippen molar-refractivity contribution in [2.24, 2.45) is 0 Å². The van der Waals surface area contributed by atoms with Crippen LogP contribution in [0.2, 0.25) is 0 Å². The Balaban J connectivity index is 1.62. The van der Waals surface area contributed by atoms with E-state index in [9.17, 15) is 14.9 Å². The Morgan fingerprint density at radius 2 is 1.75 bits per heavy atom. The van der Waals surface area contributed by atoms with Gasteiger partial charge < -0.3 is 20.7 Å². The molecule has 1 amide bonds. The van der Waals surface area contributed by atoms with Crippen molar-refractivity contribution in [1.82, 2.24) is 15.0 Å². The van der Waals surface area contributed by atoms with Crippen LogP contribution < -0.4 is 20.7 Å². The molecule has 0 saturated heterocycles. The van der Waals surface area contributed by atoms with Gasteiger partial charge in [-0.1, -0.05) is 11.3 Å². The SMILES string of the molecule is COc1ccc2nc(Nc3ncnc(Nc4ccc(NC(C)=O)cc4)c3[N+](=O)[O-])sc2c1. The summed E-state index contributed by atoms with van der Waals surface area (Å²) in [4.78, 5) is 34.9. The summed E-state index contributed by atoms with van der Waals surface area (Å²) < 4.78 is 6.08. The highest BCUT2D eigenvalue weighted by atomic mass is 32.1. The molecule has 12 heteroatoms. The number of carbonyl (C=O) groups excluding carboxylic acids is 1. The summed E-state index contributed by atoms with van der Waals surface area (Å²) in [6, 6.07) is 12.1. The molecule has 162 valence electrons. The summed E-state index contributed by atoms with van der Waals surface area (Å²) in [5, 5.41) is 20.8. The standard InChI is InChI=1S/C20H17N7O4S/c1-11(28)23-12-3-5-13(6-4-12)24-18-17(27(29)30)19(22-10-21-18)26-20-25-15-8-7-14(31-2)9-16(15)32-20/h3-10H,1-2H3,(H,23,28)(H2,21,22,24,25,26). The number of benzene rings is 2. The summed E-state index contributed by atoms with van der Waals surface area (Å²) in [6.07, 6.45) is 1.22. The van der Waals surface area contributed by atoms with E-state index in [4.69, 9.17) is 4.74 Å². The molecule has 11 nitrogen and oxygen atoms in total. The van der Waals surface area contributed by atoms with Crippen molar-refractivity contribution >= 4 is 61.3 Å². The van der Waals surface area contributed by atoms with Crippen LogP contribution in [0.25, 0.3) is 10.2 Å². The highest BCUT2D eigenvalue weighted by Gasteiger charge is 2.24. The Hall–Kier alpha value is -4.32. The van der Waals surface area contributed by atoms with E-state index in [0.29, 0.717) is 22.3 Å². The van der Waals surface area contributed by atoms with Gasteiger partial charge in [-0.15, -0.1) is 0 Å². The monoisotopic (exact) mass is 451 g/mol. The molecule has 2 aromatic carbocycles. The summed E-state index contributed by atoms with van der Waals surface area (Å²) in [5.74, 6) is 0.522. The van der Waals surface area contributed by atoms with Crippen LogP contribution in [0.1, 0.15) is 6.92 Å². The molecular weight excluding hydrogens is 434 g/mol. The maximum Gasteiger partial charge on any atom is 0.353 e. The molecule has 32 heavy (non-hydrogen) atoms. The molecule has 0 aliphatic carbocycles. The molecule has 3 N–H and O–H groups in total. The lowest BCUT2D eigenvalue weighted by molar-refractivity contribution is -0.383. The van der Waals surface area contributed by atoms with Gasteiger partial charge in [0.25, 0.3) is 0 Å². The van der Waals surface area contributed by atoms with Gasteiger partial charge in [-0.25, -0.2) is 15.0 Å². The predicted molar refractivity (Wildman–Crippen MR) is 122 cm³/mol. The molecular formula is C20H17N7O4S. The van der Waals surface area contributed by atoms with Crippen LogP contribution in [0, 0.1) is 10.1 Å². The first-order chi connectivity index (χ1) is 15.4. The molecule has 0 fully saturated rings.